The number of morpholine rings is 1. The topological polar surface area (TPSA) is 71.8 Å². The molecule has 2 heterocycles. The van der Waals surface area contributed by atoms with Crippen molar-refractivity contribution in [2.24, 2.45) is 5.92 Å². The van der Waals surface area contributed by atoms with Crippen LogP contribution >= 0.6 is 0 Å². The average molecular weight is 370 g/mol. The number of para-hydroxylation sites is 1. The summed E-state index contributed by atoms with van der Waals surface area (Å²) in [7, 11) is 0. The predicted molar refractivity (Wildman–Crippen MR) is 103 cm³/mol. The number of ether oxygens (including phenoxy) is 1. The molecule has 144 valence electrons. The highest BCUT2D eigenvalue weighted by Gasteiger charge is 2.27. The number of rotatable bonds is 5. The van der Waals surface area contributed by atoms with E-state index in [2.05, 4.69) is 5.32 Å². The molecule has 1 aliphatic heterocycles. The number of nitrogens with zero attached hydrogens (tertiary/aromatic N) is 1. The lowest BCUT2D eigenvalue weighted by Gasteiger charge is -2.26. The molecule has 4 rings (SSSR count). The quantitative estimate of drug-likeness (QED) is 0.869. The van der Waals surface area contributed by atoms with Gasteiger partial charge in [-0.15, -0.1) is 0 Å². The molecule has 0 spiro atoms. The van der Waals surface area contributed by atoms with Crippen molar-refractivity contribution in [3.05, 3.63) is 30.0 Å². The van der Waals surface area contributed by atoms with Gasteiger partial charge in [0.25, 0.3) is 5.91 Å². The smallest absolute Gasteiger partial charge is 0.291 e. The predicted octanol–water partition coefficient (Wildman–Crippen LogP) is 3.81. The van der Waals surface area contributed by atoms with Crippen LogP contribution in [0.15, 0.2) is 28.7 Å². The van der Waals surface area contributed by atoms with Gasteiger partial charge in [-0.05, 0) is 24.5 Å². The molecule has 1 saturated carbocycles. The third-order valence-corrected chi connectivity index (χ3v) is 5.61. The minimum Gasteiger partial charge on any atom is -0.449 e. The number of nitrogens with one attached hydrogen (secondary N) is 1. The van der Waals surface area contributed by atoms with E-state index in [1.54, 1.807) is 4.90 Å². The number of fused-ring (bicyclic) bond motifs is 1. The first kappa shape index (κ1) is 18.0. The second-order valence-electron chi connectivity index (χ2n) is 7.44. The number of amides is 2. The fourth-order valence-corrected chi connectivity index (χ4v) is 4.07. The number of carbonyl (C=O) groups excluding carboxylic acids is 2. The number of furan rings is 1. The summed E-state index contributed by atoms with van der Waals surface area (Å²) >= 11 is 0. The Hall–Kier alpha value is -2.34. The number of hydrogen-bond acceptors (Lipinski definition) is 4. The Morgan fingerprint density at radius 1 is 1.11 bits per heavy atom. The lowest BCUT2D eigenvalue weighted by Crippen LogP contribution is -2.40. The van der Waals surface area contributed by atoms with E-state index in [0.717, 1.165) is 11.8 Å². The third-order valence-electron chi connectivity index (χ3n) is 5.61. The van der Waals surface area contributed by atoms with Crippen LogP contribution < -0.4 is 5.32 Å². The molecule has 6 heteroatoms. The lowest BCUT2D eigenvalue weighted by atomic mass is 10.0. The minimum absolute atomic E-state index is 0.0514. The monoisotopic (exact) mass is 370 g/mol. The van der Waals surface area contributed by atoms with Crippen LogP contribution in [0.2, 0.25) is 0 Å². The highest BCUT2D eigenvalue weighted by Crippen LogP contribution is 2.33. The van der Waals surface area contributed by atoms with Crippen LogP contribution in [-0.4, -0.2) is 43.0 Å². The normalized spacial score (nSPS) is 18.1. The van der Waals surface area contributed by atoms with Crippen molar-refractivity contribution in [2.45, 2.75) is 38.5 Å². The van der Waals surface area contributed by atoms with Gasteiger partial charge in [0.1, 0.15) is 11.3 Å². The van der Waals surface area contributed by atoms with E-state index in [-0.39, 0.29) is 17.6 Å². The molecule has 2 fully saturated rings. The van der Waals surface area contributed by atoms with Gasteiger partial charge in [0.2, 0.25) is 11.7 Å². The Labute approximate surface area is 158 Å². The molecule has 1 aromatic heterocycles. The molecule has 1 aliphatic carbocycles. The van der Waals surface area contributed by atoms with Crippen molar-refractivity contribution < 1.29 is 18.7 Å². The second kappa shape index (κ2) is 8.13. The Morgan fingerprint density at radius 2 is 1.85 bits per heavy atom. The third kappa shape index (κ3) is 4.00. The van der Waals surface area contributed by atoms with E-state index in [1.807, 2.05) is 24.3 Å². The zero-order valence-electron chi connectivity index (χ0n) is 15.5. The van der Waals surface area contributed by atoms with Crippen molar-refractivity contribution >= 4 is 28.5 Å². The Balaban J connectivity index is 1.54. The first-order valence-corrected chi connectivity index (χ1v) is 9.91. The molecule has 1 N–H and O–H groups in total. The number of carbonyl (C=O) groups is 2. The summed E-state index contributed by atoms with van der Waals surface area (Å²) in [6.07, 6.45) is 6.39. The van der Waals surface area contributed by atoms with Gasteiger partial charge in [-0.3, -0.25) is 9.59 Å². The summed E-state index contributed by atoms with van der Waals surface area (Å²) in [6, 6.07) is 7.44. The van der Waals surface area contributed by atoms with Gasteiger partial charge in [0.15, 0.2) is 0 Å². The van der Waals surface area contributed by atoms with Gasteiger partial charge in [-0.1, -0.05) is 37.8 Å². The van der Waals surface area contributed by atoms with E-state index >= 15 is 0 Å². The summed E-state index contributed by atoms with van der Waals surface area (Å²) in [5.41, 5.74) is 1.11. The Kier molecular flexibility index (Phi) is 5.43. The van der Waals surface area contributed by atoms with E-state index < -0.39 is 0 Å². The molecule has 27 heavy (non-hydrogen) atoms. The minimum atomic E-state index is -0.194. The first-order chi connectivity index (χ1) is 13.2. The van der Waals surface area contributed by atoms with Crippen molar-refractivity contribution in [1.82, 2.24) is 4.90 Å². The fourth-order valence-electron chi connectivity index (χ4n) is 4.07. The summed E-state index contributed by atoms with van der Waals surface area (Å²) in [6.45, 7) is 2.11. The van der Waals surface area contributed by atoms with Gasteiger partial charge < -0.3 is 19.4 Å². The molecule has 2 aliphatic rings. The van der Waals surface area contributed by atoms with E-state index in [1.165, 1.54) is 25.7 Å². The lowest BCUT2D eigenvalue weighted by molar-refractivity contribution is -0.116. The zero-order valence-corrected chi connectivity index (χ0v) is 15.5. The highest BCUT2D eigenvalue weighted by molar-refractivity contribution is 6.10. The molecule has 2 amide bonds. The van der Waals surface area contributed by atoms with E-state index in [4.69, 9.17) is 9.15 Å². The summed E-state index contributed by atoms with van der Waals surface area (Å²) in [5.74, 6) is 0.628. The summed E-state index contributed by atoms with van der Waals surface area (Å²) in [5, 5.41) is 3.73. The highest BCUT2D eigenvalue weighted by atomic mass is 16.5. The molecule has 0 atom stereocenters. The number of anilines is 1. The van der Waals surface area contributed by atoms with Crippen LogP contribution in [0.5, 0.6) is 0 Å². The summed E-state index contributed by atoms with van der Waals surface area (Å²) < 4.78 is 11.2. The summed E-state index contributed by atoms with van der Waals surface area (Å²) in [4.78, 5) is 27.2. The SMILES string of the molecule is O=C(CCC1CCCC1)Nc1c(C(=O)N2CCOCC2)oc2ccccc12. The van der Waals surface area contributed by atoms with Crippen LogP contribution in [0.1, 0.15) is 49.1 Å². The van der Waals surface area contributed by atoms with E-state index in [9.17, 15) is 9.59 Å². The largest absolute Gasteiger partial charge is 0.449 e. The maximum Gasteiger partial charge on any atom is 0.291 e. The van der Waals surface area contributed by atoms with Crippen LogP contribution in [0, 0.1) is 5.92 Å². The van der Waals surface area contributed by atoms with Crippen molar-refractivity contribution in [3.8, 4) is 0 Å². The molecule has 0 bridgehead atoms. The van der Waals surface area contributed by atoms with Gasteiger partial charge in [-0.25, -0.2) is 0 Å². The van der Waals surface area contributed by atoms with Crippen LogP contribution in [0.25, 0.3) is 11.0 Å². The van der Waals surface area contributed by atoms with Crippen LogP contribution in [-0.2, 0) is 9.53 Å². The maximum atomic E-state index is 13.0. The molecule has 0 unspecified atom stereocenters. The van der Waals surface area contributed by atoms with Crippen LogP contribution in [0.4, 0.5) is 5.69 Å². The standard InChI is InChI=1S/C21H26N2O4/c24-18(10-9-15-5-1-2-6-15)22-19-16-7-3-4-8-17(16)27-20(19)21(25)23-11-13-26-14-12-23/h3-4,7-8,15H,1-2,5-6,9-14H2,(H,22,24). The van der Waals surface area contributed by atoms with Crippen LogP contribution in [0.3, 0.4) is 0 Å². The molecule has 1 saturated heterocycles. The van der Waals surface area contributed by atoms with Gasteiger partial charge in [-0.2, -0.15) is 0 Å². The number of benzene rings is 1. The van der Waals surface area contributed by atoms with E-state index in [0.29, 0.717) is 49.9 Å². The maximum absolute atomic E-state index is 13.0. The van der Waals surface area contributed by atoms with Gasteiger partial charge in [0.05, 0.1) is 13.2 Å². The van der Waals surface area contributed by atoms with Gasteiger partial charge in [0, 0.05) is 24.9 Å². The number of hydrogen-bond donors (Lipinski definition) is 1. The second-order valence-corrected chi connectivity index (χ2v) is 7.44. The molecular formula is C21H26N2O4. The Bertz CT molecular complexity index is 817. The average Bonchev–Trinajstić information content (AvgIpc) is 3.35. The Morgan fingerprint density at radius 3 is 2.63 bits per heavy atom. The molecule has 0 radical (unpaired) electrons. The zero-order chi connectivity index (χ0) is 18.6. The molecule has 2 aromatic rings. The van der Waals surface area contributed by atoms with Crippen molar-refractivity contribution in [2.75, 3.05) is 31.6 Å². The van der Waals surface area contributed by atoms with Gasteiger partial charge >= 0.3 is 0 Å². The molecule has 6 nitrogen and oxygen atoms in total. The first-order valence-electron chi connectivity index (χ1n) is 9.91. The molecule has 1 aromatic carbocycles. The van der Waals surface area contributed by atoms with Crippen molar-refractivity contribution in [3.63, 3.8) is 0 Å². The fraction of sp³-hybridized carbons (Fsp3) is 0.524. The molecular weight excluding hydrogens is 344 g/mol. The van der Waals surface area contributed by atoms with Crippen molar-refractivity contribution in [1.29, 1.82) is 0 Å².